The molecule has 0 saturated carbocycles. The number of hydrogen-bond donors (Lipinski definition) is 0. The molecule has 0 unspecified atom stereocenters. The van der Waals surface area contributed by atoms with Gasteiger partial charge in [0.25, 0.3) is 0 Å². The van der Waals surface area contributed by atoms with Crippen LogP contribution < -0.4 is 0 Å². The lowest BCUT2D eigenvalue weighted by Crippen LogP contribution is -2.26. The van der Waals surface area contributed by atoms with E-state index in [-0.39, 0.29) is 0 Å². The second-order valence-corrected chi connectivity index (χ2v) is 12.3. The van der Waals surface area contributed by atoms with Crippen molar-refractivity contribution in [2.24, 2.45) is 0 Å². The standard InChI is InChI=1S/C44H27N3/c1-3-15-28(16-4-1)38-27-39(29-17-5-2-6-18-29)47-43(46-38)42-40-32-21-9-13-25-36(32)44(41(40)33-22-10-14-26-37(33)45-42)34-23-11-7-19-30(34)31-20-8-12-24-35(31)44/h1-27H. The van der Waals surface area contributed by atoms with Crippen molar-refractivity contribution in [2.45, 2.75) is 5.41 Å². The van der Waals surface area contributed by atoms with E-state index in [2.05, 4.69) is 152 Å². The van der Waals surface area contributed by atoms with Crippen LogP contribution in [0.25, 0.3) is 67.2 Å². The molecule has 3 heteroatoms. The third-order valence-corrected chi connectivity index (χ3v) is 9.90. The Morgan fingerprint density at radius 1 is 0.404 bits per heavy atom. The fourth-order valence-electron chi connectivity index (χ4n) is 8.05. The minimum Gasteiger partial charge on any atom is -0.244 e. The zero-order valence-electron chi connectivity index (χ0n) is 25.4. The molecule has 2 heterocycles. The zero-order chi connectivity index (χ0) is 31.0. The smallest absolute Gasteiger partial charge is 0.179 e. The number of benzene rings is 6. The Bertz CT molecular complexity index is 2410. The molecule has 2 aliphatic rings. The molecule has 8 aromatic rings. The van der Waals surface area contributed by atoms with E-state index in [1.807, 2.05) is 12.1 Å². The molecule has 2 aromatic heterocycles. The quantitative estimate of drug-likeness (QED) is 0.203. The molecule has 218 valence electrons. The number of aromatic nitrogens is 3. The maximum atomic E-state index is 5.43. The maximum Gasteiger partial charge on any atom is 0.179 e. The van der Waals surface area contributed by atoms with Gasteiger partial charge in [-0.3, -0.25) is 0 Å². The van der Waals surface area contributed by atoms with Gasteiger partial charge < -0.3 is 0 Å². The maximum absolute atomic E-state index is 5.43. The van der Waals surface area contributed by atoms with Crippen LogP contribution in [0.5, 0.6) is 0 Å². The summed E-state index contributed by atoms with van der Waals surface area (Å²) < 4.78 is 0. The molecule has 47 heavy (non-hydrogen) atoms. The molecule has 0 aliphatic heterocycles. The van der Waals surface area contributed by atoms with Crippen molar-refractivity contribution >= 4 is 10.9 Å². The second kappa shape index (κ2) is 9.90. The summed E-state index contributed by atoms with van der Waals surface area (Å²) >= 11 is 0. The third kappa shape index (κ3) is 3.60. The predicted octanol–water partition coefficient (Wildman–Crippen LogP) is 10.4. The minimum atomic E-state index is -0.504. The fraction of sp³-hybridized carbons (Fsp3) is 0.0227. The van der Waals surface area contributed by atoms with E-state index in [1.165, 1.54) is 38.9 Å². The molecular weight excluding hydrogens is 571 g/mol. The highest BCUT2D eigenvalue weighted by molar-refractivity contribution is 6.06. The topological polar surface area (TPSA) is 38.7 Å². The summed E-state index contributed by atoms with van der Waals surface area (Å²) in [6.07, 6.45) is 0. The van der Waals surface area contributed by atoms with Crippen molar-refractivity contribution in [3.8, 4) is 56.3 Å². The minimum absolute atomic E-state index is 0.504. The summed E-state index contributed by atoms with van der Waals surface area (Å²) in [5.74, 6) is 0.624. The van der Waals surface area contributed by atoms with Gasteiger partial charge in [-0.2, -0.15) is 0 Å². The average Bonchev–Trinajstić information content (AvgIpc) is 3.63. The van der Waals surface area contributed by atoms with Crippen LogP contribution in [0.15, 0.2) is 164 Å². The lowest BCUT2D eigenvalue weighted by Gasteiger charge is -2.31. The molecule has 0 saturated heterocycles. The third-order valence-electron chi connectivity index (χ3n) is 9.90. The molecule has 0 fully saturated rings. The van der Waals surface area contributed by atoms with Gasteiger partial charge >= 0.3 is 0 Å². The highest BCUT2D eigenvalue weighted by atomic mass is 14.9. The highest BCUT2D eigenvalue weighted by Gasteiger charge is 2.53. The van der Waals surface area contributed by atoms with Crippen molar-refractivity contribution in [1.29, 1.82) is 0 Å². The summed E-state index contributed by atoms with van der Waals surface area (Å²) in [5.41, 5.74) is 15.0. The number of fused-ring (bicyclic) bond motifs is 12. The van der Waals surface area contributed by atoms with Crippen LogP contribution >= 0.6 is 0 Å². The molecule has 6 aromatic carbocycles. The fourth-order valence-corrected chi connectivity index (χ4v) is 8.05. The van der Waals surface area contributed by atoms with Crippen molar-refractivity contribution in [3.63, 3.8) is 0 Å². The summed E-state index contributed by atoms with van der Waals surface area (Å²) in [4.78, 5) is 16.0. The van der Waals surface area contributed by atoms with E-state index in [0.29, 0.717) is 5.82 Å². The number of rotatable bonds is 3. The molecular formula is C44H27N3. The molecule has 0 N–H and O–H groups in total. The first-order valence-corrected chi connectivity index (χ1v) is 16.0. The lowest BCUT2D eigenvalue weighted by atomic mass is 9.69. The molecule has 10 rings (SSSR count). The van der Waals surface area contributed by atoms with Crippen molar-refractivity contribution in [1.82, 2.24) is 15.0 Å². The normalized spacial score (nSPS) is 13.3. The highest BCUT2D eigenvalue weighted by Crippen LogP contribution is 2.64. The van der Waals surface area contributed by atoms with Crippen LogP contribution in [0.4, 0.5) is 0 Å². The SMILES string of the molecule is c1ccc(-c2cc(-c3ccccc3)nc(-c3nc4ccccc4c4c3-c3ccccc3C43c4ccccc4-c4ccccc43)n2)cc1. The lowest BCUT2D eigenvalue weighted by molar-refractivity contribution is 0.800. The van der Waals surface area contributed by atoms with E-state index < -0.39 is 5.41 Å². The van der Waals surface area contributed by atoms with Crippen molar-refractivity contribution < 1.29 is 0 Å². The van der Waals surface area contributed by atoms with E-state index in [1.54, 1.807) is 0 Å². The molecule has 0 bridgehead atoms. The molecule has 1 spiro atoms. The zero-order valence-corrected chi connectivity index (χ0v) is 25.4. The van der Waals surface area contributed by atoms with Crippen LogP contribution in [-0.2, 0) is 5.41 Å². The van der Waals surface area contributed by atoms with E-state index >= 15 is 0 Å². The van der Waals surface area contributed by atoms with Crippen molar-refractivity contribution in [2.75, 3.05) is 0 Å². The monoisotopic (exact) mass is 597 g/mol. The van der Waals surface area contributed by atoms with Gasteiger partial charge in [0.1, 0.15) is 5.69 Å². The van der Waals surface area contributed by atoms with Crippen LogP contribution in [-0.4, -0.2) is 15.0 Å². The molecule has 2 aliphatic carbocycles. The van der Waals surface area contributed by atoms with Gasteiger partial charge in [0.2, 0.25) is 0 Å². The summed E-state index contributed by atoms with van der Waals surface area (Å²) in [7, 11) is 0. The number of para-hydroxylation sites is 1. The Morgan fingerprint density at radius 3 is 1.47 bits per heavy atom. The Kier molecular flexibility index (Phi) is 5.49. The first-order valence-electron chi connectivity index (χ1n) is 16.0. The largest absolute Gasteiger partial charge is 0.244 e. The summed E-state index contributed by atoms with van der Waals surface area (Å²) in [5, 5.41) is 1.15. The number of hydrogen-bond acceptors (Lipinski definition) is 3. The summed E-state index contributed by atoms with van der Waals surface area (Å²) in [6.45, 7) is 0. The Hall–Kier alpha value is -6.19. The van der Waals surface area contributed by atoms with Crippen LogP contribution in [0, 0.1) is 0 Å². The molecule has 0 radical (unpaired) electrons. The summed E-state index contributed by atoms with van der Waals surface area (Å²) in [6, 6.07) is 58.1. The van der Waals surface area contributed by atoms with Gasteiger partial charge in [0, 0.05) is 22.1 Å². The van der Waals surface area contributed by atoms with Crippen LogP contribution in [0.3, 0.4) is 0 Å². The van der Waals surface area contributed by atoms with Gasteiger partial charge in [-0.1, -0.05) is 152 Å². The van der Waals surface area contributed by atoms with E-state index in [4.69, 9.17) is 15.0 Å². The van der Waals surface area contributed by atoms with Gasteiger partial charge in [-0.05, 0) is 51.1 Å². The average molecular weight is 598 g/mol. The first kappa shape index (κ1) is 26.1. The first-order chi connectivity index (χ1) is 23.3. The van der Waals surface area contributed by atoms with Crippen LogP contribution in [0.2, 0.25) is 0 Å². The number of pyridine rings is 1. The molecule has 0 amide bonds. The molecule has 3 nitrogen and oxygen atoms in total. The van der Waals surface area contributed by atoms with E-state index in [9.17, 15) is 0 Å². The van der Waals surface area contributed by atoms with Gasteiger partial charge in [-0.15, -0.1) is 0 Å². The molecule has 0 atom stereocenters. The Balaban J connectivity index is 1.37. The van der Waals surface area contributed by atoms with Gasteiger partial charge in [0.15, 0.2) is 5.82 Å². The number of nitrogens with zero attached hydrogens (tertiary/aromatic N) is 3. The van der Waals surface area contributed by atoms with Gasteiger partial charge in [0.05, 0.1) is 22.3 Å². The van der Waals surface area contributed by atoms with Crippen LogP contribution in [0.1, 0.15) is 22.3 Å². The second-order valence-electron chi connectivity index (χ2n) is 12.3. The van der Waals surface area contributed by atoms with Crippen molar-refractivity contribution in [3.05, 3.63) is 186 Å². The predicted molar refractivity (Wildman–Crippen MR) is 190 cm³/mol. The Morgan fingerprint density at radius 2 is 0.872 bits per heavy atom. The van der Waals surface area contributed by atoms with E-state index in [0.717, 1.165) is 44.7 Å². The van der Waals surface area contributed by atoms with Gasteiger partial charge in [-0.25, -0.2) is 15.0 Å². The Labute approximate surface area is 272 Å².